The Morgan fingerprint density at radius 1 is 1.55 bits per heavy atom. The highest BCUT2D eigenvalue weighted by Gasteiger charge is 2.19. The van der Waals surface area contributed by atoms with Crippen molar-refractivity contribution in [2.24, 2.45) is 0 Å². The Balaban J connectivity index is 1.67. The van der Waals surface area contributed by atoms with Crippen LogP contribution in [0.3, 0.4) is 0 Å². The molecule has 1 saturated heterocycles. The van der Waals surface area contributed by atoms with Gasteiger partial charge in [-0.25, -0.2) is 9.78 Å². The molecule has 0 radical (unpaired) electrons. The molecule has 2 rings (SSSR count). The quantitative estimate of drug-likeness (QED) is 0.841. The Kier molecular flexibility index (Phi) is 6.20. The Morgan fingerprint density at radius 3 is 3.05 bits per heavy atom. The van der Waals surface area contributed by atoms with E-state index in [0.29, 0.717) is 12.5 Å². The van der Waals surface area contributed by atoms with Crippen LogP contribution in [-0.2, 0) is 15.9 Å². The highest BCUT2D eigenvalue weighted by atomic mass is 32.1. The molecule has 124 valence electrons. The van der Waals surface area contributed by atoms with E-state index in [1.165, 1.54) is 12.1 Å². The van der Waals surface area contributed by atoms with Crippen molar-refractivity contribution in [3.8, 4) is 0 Å². The van der Waals surface area contributed by atoms with Crippen molar-refractivity contribution in [1.82, 2.24) is 10.3 Å². The van der Waals surface area contributed by atoms with Crippen LogP contribution >= 0.6 is 11.3 Å². The average Bonchev–Trinajstić information content (AvgIpc) is 2.91. The van der Waals surface area contributed by atoms with Crippen LogP contribution in [0.2, 0.25) is 0 Å². The van der Waals surface area contributed by atoms with Gasteiger partial charge in [-0.15, -0.1) is 11.3 Å². The van der Waals surface area contributed by atoms with E-state index >= 15 is 0 Å². The zero-order chi connectivity index (χ0) is 16.0. The fourth-order valence-corrected chi connectivity index (χ4v) is 3.27. The number of ether oxygens (including phenoxy) is 2. The minimum Gasteiger partial charge on any atom is -0.444 e. The van der Waals surface area contributed by atoms with E-state index in [2.05, 4.69) is 10.7 Å². The summed E-state index contributed by atoms with van der Waals surface area (Å²) in [5, 5.41) is 6.06. The Bertz CT molecular complexity index is 476. The van der Waals surface area contributed by atoms with Crippen molar-refractivity contribution < 1.29 is 14.3 Å². The van der Waals surface area contributed by atoms with Gasteiger partial charge in [0.15, 0.2) is 0 Å². The first kappa shape index (κ1) is 17.2. The number of alkyl carbamates (subject to hydrolysis) is 1. The number of carbonyl (C=O) groups is 1. The van der Waals surface area contributed by atoms with Crippen LogP contribution in [0, 0.1) is 0 Å². The maximum absolute atomic E-state index is 11.5. The summed E-state index contributed by atoms with van der Waals surface area (Å²) >= 11 is 1.70. The molecule has 1 amide bonds. The number of hydrogen-bond acceptors (Lipinski definition) is 5. The number of carbonyl (C=O) groups excluding carboxylic acids is 1. The van der Waals surface area contributed by atoms with E-state index in [4.69, 9.17) is 14.5 Å². The molecule has 22 heavy (non-hydrogen) atoms. The fraction of sp³-hybridized carbons (Fsp3) is 0.750. The molecule has 0 saturated carbocycles. The normalized spacial score (nSPS) is 19.0. The summed E-state index contributed by atoms with van der Waals surface area (Å²) in [5.74, 6) is 0.457. The summed E-state index contributed by atoms with van der Waals surface area (Å²) in [7, 11) is 0. The lowest BCUT2D eigenvalue weighted by atomic mass is 10.00. The molecule has 1 aliphatic rings. The third-order valence-electron chi connectivity index (χ3n) is 3.38. The molecule has 0 spiro atoms. The second kappa shape index (κ2) is 7.92. The van der Waals surface area contributed by atoms with Crippen LogP contribution in [-0.4, -0.2) is 36.4 Å². The first-order valence-corrected chi connectivity index (χ1v) is 8.81. The van der Waals surface area contributed by atoms with Crippen LogP contribution in [0.15, 0.2) is 5.38 Å². The fourth-order valence-electron chi connectivity index (χ4n) is 2.35. The van der Waals surface area contributed by atoms with Gasteiger partial charge in [-0.05, 0) is 40.0 Å². The minimum atomic E-state index is -0.448. The lowest BCUT2D eigenvalue weighted by Crippen LogP contribution is -2.33. The molecule has 1 aromatic heterocycles. The summed E-state index contributed by atoms with van der Waals surface area (Å²) < 4.78 is 10.7. The summed E-state index contributed by atoms with van der Waals surface area (Å²) in [6.07, 6.45) is 3.69. The molecule has 0 aromatic carbocycles. The van der Waals surface area contributed by atoms with Crippen molar-refractivity contribution in [3.05, 3.63) is 16.1 Å². The van der Waals surface area contributed by atoms with Gasteiger partial charge in [-0.2, -0.15) is 0 Å². The predicted octanol–water partition coefficient (Wildman–Crippen LogP) is 3.49. The van der Waals surface area contributed by atoms with Crippen LogP contribution in [0.5, 0.6) is 0 Å². The van der Waals surface area contributed by atoms with Crippen molar-refractivity contribution in [2.75, 3.05) is 19.8 Å². The highest BCUT2D eigenvalue weighted by Crippen LogP contribution is 2.26. The smallest absolute Gasteiger partial charge is 0.407 e. The van der Waals surface area contributed by atoms with Crippen molar-refractivity contribution in [1.29, 1.82) is 0 Å². The van der Waals surface area contributed by atoms with Crippen molar-refractivity contribution >= 4 is 17.4 Å². The average molecular weight is 326 g/mol. The van der Waals surface area contributed by atoms with Crippen molar-refractivity contribution in [3.63, 3.8) is 0 Å². The maximum Gasteiger partial charge on any atom is 0.407 e. The summed E-state index contributed by atoms with van der Waals surface area (Å²) in [6.45, 7) is 7.86. The molecule has 1 fully saturated rings. The number of rotatable bonds is 5. The predicted molar refractivity (Wildman–Crippen MR) is 87.5 cm³/mol. The number of aromatic nitrogens is 1. The Hall–Kier alpha value is -1.14. The van der Waals surface area contributed by atoms with Crippen LogP contribution in [0.1, 0.15) is 56.7 Å². The number of amides is 1. The van der Waals surface area contributed by atoms with Gasteiger partial charge in [0.1, 0.15) is 5.60 Å². The Labute approximate surface area is 136 Å². The minimum absolute atomic E-state index is 0.355. The second-order valence-corrected chi connectivity index (χ2v) is 7.56. The number of thiazole rings is 1. The van der Waals surface area contributed by atoms with Gasteiger partial charge in [0.05, 0.1) is 17.3 Å². The topological polar surface area (TPSA) is 60.5 Å². The van der Waals surface area contributed by atoms with Crippen molar-refractivity contribution in [2.45, 2.75) is 58.0 Å². The monoisotopic (exact) mass is 326 g/mol. The van der Waals surface area contributed by atoms with E-state index in [0.717, 1.165) is 37.5 Å². The lowest BCUT2D eigenvalue weighted by Gasteiger charge is -2.20. The van der Waals surface area contributed by atoms with E-state index < -0.39 is 5.60 Å². The third-order valence-corrected chi connectivity index (χ3v) is 4.31. The molecule has 1 unspecified atom stereocenters. The molecule has 6 heteroatoms. The van der Waals surface area contributed by atoms with E-state index in [-0.39, 0.29) is 6.09 Å². The van der Waals surface area contributed by atoms with E-state index in [1.807, 2.05) is 20.8 Å². The Morgan fingerprint density at radius 2 is 2.36 bits per heavy atom. The van der Waals surface area contributed by atoms with Gasteiger partial charge in [-0.3, -0.25) is 0 Å². The standard InChI is InChI=1S/C16H26N2O3S/c1-16(2,3)21-15(19)17-8-4-7-14-18-13(11-22-14)12-6-5-9-20-10-12/h11-12H,4-10H2,1-3H3,(H,17,19). The second-order valence-electron chi connectivity index (χ2n) is 6.61. The number of hydrogen-bond donors (Lipinski definition) is 1. The highest BCUT2D eigenvalue weighted by molar-refractivity contribution is 7.09. The lowest BCUT2D eigenvalue weighted by molar-refractivity contribution is 0.0527. The molecule has 2 heterocycles. The molecule has 1 aromatic rings. The third kappa shape index (κ3) is 5.93. The largest absolute Gasteiger partial charge is 0.444 e. The zero-order valence-corrected chi connectivity index (χ0v) is 14.5. The summed E-state index contributed by atoms with van der Waals surface area (Å²) in [6, 6.07) is 0. The molecule has 0 aliphatic carbocycles. The van der Waals surface area contributed by atoms with Gasteiger partial charge >= 0.3 is 6.09 Å². The first-order chi connectivity index (χ1) is 10.4. The molecule has 5 nitrogen and oxygen atoms in total. The maximum atomic E-state index is 11.5. The van der Waals surface area contributed by atoms with E-state index in [1.54, 1.807) is 11.3 Å². The molecule has 0 bridgehead atoms. The molecule has 1 atom stereocenters. The first-order valence-electron chi connectivity index (χ1n) is 7.93. The number of aryl methyl sites for hydroxylation is 1. The SMILES string of the molecule is CC(C)(C)OC(=O)NCCCc1nc(C2CCCOC2)cs1. The van der Waals surface area contributed by atoms with Gasteiger partial charge in [-0.1, -0.05) is 0 Å². The number of nitrogens with zero attached hydrogens (tertiary/aromatic N) is 1. The van der Waals surface area contributed by atoms with Crippen LogP contribution < -0.4 is 5.32 Å². The molecule has 1 aliphatic heterocycles. The molecular formula is C16H26N2O3S. The van der Waals surface area contributed by atoms with Gasteiger partial charge in [0.2, 0.25) is 0 Å². The van der Waals surface area contributed by atoms with Crippen LogP contribution in [0.4, 0.5) is 4.79 Å². The summed E-state index contributed by atoms with van der Waals surface area (Å²) in [5.41, 5.74) is 0.718. The van der Waals surface area contributed by atoms with Gasteiger partial charge in [0, 0.05) is 30.9 Å². The zero-order valence-electron chi connectivity index (χ0n) is 13.7. The molecular weight excluding hydrogens is 300 g/mol. The van der Waals surface area contributed by atoms with E-state index in [9.17, 15) is 4.79 Å². The van der Waals surface area contributed by atoms with Gasteiger partial charge in [0.25, 0.3) is 0 Å². The molecule has 1 N–H and O–H groups in total. The summed E-state index contributed by atoms with van der Waals surface area (Å²) in [4.78, 5) is 16.2. The number of nitrogens with one attached hydrogen (secondary N) is 1. The van der Waals surface area contributed by atoms with Gasteiger partial charge < -0.3 is 14.8 Å². The van der Waals surface area contributed by atoms with Crippen LogP contribution in [0.25, 0.3) is 0 Å².